The van der Waals surface area contributed by atoms with Crippen molar-refractivity contribution in [3.05, 3.63) is 46.3 Å². The Hall–Kier alpha value is -3.66. The number of anilines is 1. The number of thioether (sulfide) groups is 2. The van der Waals surface area contributed by atoms with Crippen LogP contribution in [-0.2, 0) is 26.3 Å². The minimum Gasteiger partial charge on any atom is -0.543 e. The first kappa shape index (κ1) is 35.2. The number of nitrogen functional groups attached to an aromatic ring is 1. The van der Waals surface area contributed by atoms with Crippen molar-refractivity contribution < 1.29 is 39.1 Å². The average molecular weight is 710 g/mol. The van der Waals surface area contributed by atoms with E-state index in [1.165, 1.54) is 34.9 Å². The van der Waals surface area contributed by atoms with Crippen molar-refractivity contribution in [3.8, 4) is 11.3 Å². The molecule has 246 valence electrons. The maximum absolute atomic E-state index is 13.1. The highest BCUT2D eigenvalue weighted by Crippen LogP contribution is 2.45. The van der Waals surface area contributed by atoms with Crippen molar-refractivity contribution in [3.63, 3.8) is 0 Å². The lowest BCUT2D eigenvalue weighted by Crippen LogP contribution is -2.71. The number of fused-ring (bicyclic) bond motifs is 1. The van der Waals surface area contributed by atoms with E-state index in [0.717, 1.165) is 27.7 Å². The number of aliphatic hydroxyl groups is 2. The molecule has 0 aliphatic carbocycles. The molecule has 46 heavy (non-hydrogen) atoms. The van der Waals surface area contributed by atoms with Gasteiger partial charge in [-0.2, -0.15) is 9.36 Å². The molecular formula is C26H31N9O7S4. The van der Waals surface area contributed by atoms with Gasteiger partial charge in [-0.15, -0.1) is 23.1 Å². The quantitative estimate of drug-likeness (QED) is 0.0448. The van der Waals surface area contributed by atoms with Crippen molar-refractivity contribution in [2.75, 3.05) is 44.4 Å². The molecule has 1 fully saturated rings. The summed E-state index contributed by atoms with van der Waals surface area (Å²) < 4.78 is 6.53. The summed E-state index contributed by atoms with van der Waals surface area (Å²) in [4.78, 5) is 53.3. The van der Waals surface area contributed by atoms with Crippen LogP contribution in [0.3, 0.4) is 0 Å². The number of thiazole rings is 1. The minimum atomic E-state index is -1.48. The standard InChI is InChI=1S/C22H20N8O5S4.C4H11NO2/c1-3-35-27-13(16-26-21(23)39-28-16)17(31)25-14-18(32)30-15(20(33)34)12(9-36-19(14)30)38-22-24-11(8-37-22)10-4-6-29(2)7-5-10;6-3-1-5-2-4-7/h4-8,14,19H,3,9H2,1-2H3,(H3-,23,25,26,28,31,33,34);5-7H,1-4H2/b27-13+;/t14-,19-;/m1./s1. The van der Waals surface area contributed by atoms with Gasteiger partial charge < -0.3 is 41.3 Å². The van der Waals surface area contributed by atoms with Crippen molar-refractivity contribution in [1.82, 2.24) is 29.9 Å². The number of nitrogens with one attached hydrogen (secondary N) is 2. The molecule has 0 radical (unpaired) electrons. The first-order valence-electron chi connectivity index (χ1n) is 13.7. The molecule has 2 amide bonds. The summed E-state index contributed by atoms with van der Waals surface area (Å²) in [5.41, 5.74) is 6.86. The van der Waals surface area contributed by atoms with Crippen LogP contribution in [0.5, 0.6) is 0 Å². The fourth-order valence-corrected chi connectivity index (χ4v) is 7.90. The number of carbonyl (C=O) groups is 3. The van der Waals surface area contributed by atoms with Crippen molar-refractivity contribution in [2.24, 2.45) is 12.2 Å². The number of carboxylic acids is 1. The first-order chi connectivity index (χ1) is 22.2. The number of aliphatic hydroxyl groups excluding tert-OH is 2. The van der Waals surface area contributed by atoms with Crippen LogP contribution in [0.25, 0.3) is 11.3 Å². The molecular weight excluding hydrogens is 679 g/mol. The second kappa shape index (κ2) is 16.8. The average Bonchev–Trinajstić information content (AvgIpc) is 3.69. The van der Waals surface area contributed by atoms with Gasteiger partial charge in [0.05, 0.1) is 30.6 Å². The molecule has 3 aromatic rings. The Bertz CT molecular complexity index is 1590. The van der Waals surface area contributed by atoms with E-state index in [2.05, 4.69) is 30.1 Å². The smallest absolute Gasteiger partial charge is 0.278 e. The van der Waals surface area contributed by atoms with E-state index in [1.807, 2.05) is 41.5 Å². The van der Waals surface area contributed by atoms with Crippen LogP contribution in [0.15, 0.2) is 50.0 Å². The van der Waals surface area contributed by atoms with Gasteiger partial charge in [-0.1, -0.05) is 16.9 Å². The van der Waals surface area contributed by atoms with Gasteiger partial charge in [-0.05, 0) is 6.92 Å². The summed E-state index contributed by atoms with van der Waals surface area (Å²) in [5.74, 6) is -2.56. The molecule has 16 nitrogen and oxygen atoms in total. The molecule has 2 aliphatic heterocycles. The number of nitrogens with zero attached hydrogens (tertiary/aromatic N) is 6. The van der Waals surface area contributed by atoms with Crippen LogP contribution >= 0.6 is 46.4 Å². The molecule has 2 aliphatic rings. The van der Waals surface area contributed by atoms with Gasteiger partial charge in [-0.25, -0.2) is 9.55 Å². The van der Waals surface area contributed by atoms with E-state index in [4.69, 9.17) is 20.8 Å². The molecule has 2 atom stereocenters. The van der Waals surface area contributed by atoms with Gasteiger partial charge in [0, 0.05) is 58.4 Å². The Morgan fingerprint density at radius 3 is 2.59 bits per heavy atom. The minimum absolute atomic E-state index is 0.0374. The SMILES string of the molecule is CCO/N=C(/C(=O)N[C@@H]1C(=O)N2C(C(=O)[O-])=C(Sc3nc(-c4cc[n+](C)cc4)cs3)CS[C@H]12)c1nsc(N)n1.OCCNCCO. The summed E-state index contributed by atoms with van der Waals surface area (Å²) in [6.07, 6.45) is 3.82. The molecule has 0 unspecified atom stereocenters. The van der Waals surface area contributed by atoms with E-state index in [9.17, 15) is 19.5 Å². The lowest BCUT2D eigenvalue weighted by molar-refractivity contribution is -0.671. The highest BCUT2D eigenvalue weighted by molar-refractivity contribution is 8.07. The number of hydrogen-bond acceptors (Lipinski definition) is 17. The second-order valence-electron chi connectivity index (χ2n) is 9.28. The van der Waals surface area contributed by atoms with Gasteiger partial charge in [0.1, 0.15) is 25.1 Å². The molecule has 1 saturated heterocycles. The normalized spacial score (nSPS) is 17.5. The van der Waals surface area contributed by atoms with Crippen molar-refractivity contribution in [1.29, 1.82) is 0 Å². The van der Waals surface area contributed by atoms with E-state index >= 15 is 0 Å². The Balaban J connectivity index is 0.000000617. The number of carboxylic acid groups (broad SMARTS) is 1. The predicted octanol–water partition coefficient (Wildman–Crippen LogP) is -1.48. The van der Waals surface area contributed by atoms with Gasteiger partial charge in [0.2, 0.25) is 11.5 Å². The zero-order valence-electron chi connectivity index (χ0n) is 24.6. The van der Waals surface area contributed by atoms with E-state index in [0.29, 0.717) is 22.3 Å². The third kappa shape index (κ3) is 8.57. The number of pyridine rings is 1. The third-order valence-corrected chi connectivity index (χ3v) is 10.1. The topological polar surface area (TPSA) is 232 Å². The van der Waals surface area contributed by atoms with Crippen LogP contribution in [0.1, 0.15) is 12.7 Å². The molecule has 0 bridgehead atoms. The number of rotatable bonds is 13. The molecule has 3 aromatic heterocycles. The number of carbonyl (C=O) groups excluding carboxylic acids is 3. The summed E-state index contributed by atoms with van der Waals surface area (Å²) in [6, 6.07) is 2.89. The van der Waals surface area contributed by atoms with Crippen molar-refractivity contribution in [2.45, 2.75) is 22.7 Å². The van der Waals surface area contributed by atoms with E-state index < -0.39 is 29.2 Å². The summed E-state index contributed by atoms with van der Waals surface area (Å²) in [6.45, 7) is 3.29. The maximum Gasteiger partial charge on any atom is 0.278 e. The largest absolute Gasteiger partial charge is 0.543 e. The summed E-state index contributed by atoms with van der Waals surface area (Å²) in [5, 5.41) is 39.0. The highest BCUT2D eigenvalue weighted by atomic mass is 32.2. The zero-order chi connectivity index (χ0) is 33.2. The Morgan fingerprint density at radius 1 is 1.26 bits per heavy atom. The number of nitrogens with two attached hydrogens (primary N) is 1. The lowest BCUT2D eigenvalue weighted by Gasteiger charge is -2.50. The van der Waals surface area contributed by atoms with Crippen LogP contribution in [0, 0.1) is 0 Å². The fourth-order valence-electron chi connectivity index (χ4n) is 4.01. The number of aryl methyl sites for hydroxylation is 1. The highest BCUT2D eigenvalue weighted by Gasteiger charge is 2.53. The number of aliphatic carboxylic acids is 1. The zero-order valence-corrected chi connectivity index (χ0v) is 27.9. The Labute approximate surface area is 279 Å². The van der Waals surface area contributed by atoms with Gasteiger partial charge >= 0.3 is 0 Å². The van der Waals surface area contributed by atoms with Crippen LogP contribution in [0.4, 0.5) is 5.13 Å². The van der Waals surface area contributed by atoms with Gasteiger partial charge in [0.25, 0.3) is 11.8 Å². The predicted molar refractivity (Wildman–Crippen MR) is 171 cm³/mol. The fraction of sp³-hybridized carbons (Fsp3) is 0.385. The molecule has 0 saturated carbocycles. The number of hydrogen-bond donors (Lipinski definition) is 5. The molecule has 0 aromatic carbocycles. The number of β-lactam (4-membered cyclic amide) rings is 1. The monoisotopic (exact) mass is 709 g/mol. The molecule has 5 rings (SSSR count). The van der Waals surface area contributed by atoms with E-state index in [-0.39, 0.29) is 47.9 Å². The number of aromatic nitrogens is 4. The number of amides is 2. The number of oxime groups is 1. The molecule has 6 N–H and O–H groups in total. The van der Waals surface area contributed by atoms with Crippen LogP contribution in [0.2, 0.25) is 0 Å². The summed E-state index contributed by atoms with van der Waals surface area (Å²) >= 11 is 4.77. The van der Waals surface area contributed by atoms with Crippen molar-refractivity contribution >= 4 is 75.0 Å². The van der Waals surface area contributed by atoms with Gasteiger partial charge in [-0.3, -0.25) is 14.5 Å². The molecule has 20 heteroatoms. The van der Waals surface area contributed by atoms with Gasteiger partial charge in [0.15, 0.2) is 21.9 Å². The second-order valence-corrected chi connectivity index (χ2v) is 13.4. The first-order valence-corrected chi connectivity index (χ1v) is 17.2. The molecule has 0 spiro atoms. The third-order valence-electron chi connectivity index (χ3n) is 6.11. The Kier molecular flexibility index (Phi) is 12.8. The molecule has 5 heterocycles. The Morgan fingerprint density at radius 2 is 1.98 bits per heavy atom. The van der Waals surface area contributed by atoms with E-state index in [1.54, 1.807) is 6.92 Å². The lowest BCUT2D eigenvalue weighted by atomic mass is 10.0. The van der Waals surface area contributed by atoms with Crippen LogP contribution in [-0.4, -0.2) is 103 Å². The summed E-state index contributed by atoms with van der Waals surface area (Å²) in [7, 11) is 1.92. The maximum atomic E-state index is 13.1. The van der Waals surface area contributed by atoms with Crippen LogP contribution < -0.4 is 26.0 Å².